The number of carbonyl (C=O) groups excluding carboxylic acids is 2. The second-order valence-electron chi connectivity index (χ2n) is 8.27. The molecule has 2 aromatic heterocycles. The molecule has 0 unspecified atom stereocenters. The Balaban J connectivity index is 1.29. The van der Waals surface area contributed by atoms with Crippen LogP contribution in [0.3, 0.4) is 0 Å². The Labute approximate surface area is 203 Å². The number of rotatable bonds is 7. The fourth-order valence-electron chi connectivity index (χ4n) is 4.04. The molecule has 2 amide bonds. The van der Waals surface area contributed by atoms with Crippen LogP contribution in [-0.2, 0) is 24.4 Å². The standard InChI is InChI=1S/C27H25N5O3/c1-35-23-11-9-20(10-12-23)24-16-25-31(26(33)13-15-32(25)30-24)18-19-5-7-21(8-6-19)27(34)29-17-22-4-2-3-14-28-22/h2-12,14,16H,13,15,17-18H2,1H3,(H,29,34). The number of aryl methyl sites for hydroxylation is 1. The van der Waals surface area contributed by atoms with Crippen LogP contribution in [-0.4, -0.2) is 33.7 Å². The van der Waals surface area contributed by atoms with Crippen molar-refractivity contribution in [3.05, 3.63) is 95.8 Å². The predicted molar refractivity (Wildman–Crippen MR) is 132 cm³/mol. The molecule has 0 radical (unpaired) electrons. The normalized spacial score (nSPS) is 12.8. The van der Waals surface area contributed by atoms with Crippen LogP contribution in [0.15, 0.2) is 79.0 Å². The van der Waals surface area contributed by atoms with Crippen molar-refractivity contribution in [1.29, 1.82) is 0 Å². The molecule has 4 aromatic rings. The van der Waals surface area contributed by atoms with Crippen LogP contribution >= 0.6 is 0 Å². The van der Waals surface area contributed by atoms with E-state index in [1.807, 2.05) is 65.3 Å². The first-order valence-electron chi connectivity index (χ1n) is 11.4. The van der Waals surface area contributed by atoms with Crippen molar-refractivity contribution >= 4 is 17.6 Å². The topological polar surface area (TPSA) is 89.4 Å². The third kappa shape index (κ3) is 4.91. The second-order valence-corrected chi connectivity index (χ2v) is 8.27. The molecular weight excluding hydrogens is 442 g/mol. The molecule has 1 aliphatic rings. The van der Waals surface area contributed by atoms with Crippen molar-refractivity contribution in [3.63, 3.8) is 0 Å². The first-order valence-corrected chi connectivity index (χ1v) is 11.4. The molecular formula is C27H25N5O3. The maximum absolute atomic E-state index is 12.8. The van der Waals surface area contributed by atoms with Gasteiger partial charge in [-0.25, -0.2) is 4.68 Å². The molecule has 0 fully saturated rings. The van der Waals surface area contributed by atoms with Crippen LogP contribution in [0.5, 0.6) is 5.75 Å². The number of methoxy groups -OCH3 is 1. The Bertz CT molecular complexity index is 1330. The van der Waals surface area contributed by atoms with E-state index in [1.165, 1.54) is 0 Å². The van der Waals surface area contributed by atoms with Gasteiger partial charge in [0.1, 0.15) is 11.6 Å². The van der Waals surface area contributed by atoms with Gasteiger partial charge in [-0.15, -0.1) is 0 Å². The quantitative estimate of drug-likeness (QED) is 0.446. The van der Waals surface area contributed by atoms with E-state index in [0.717, 1.165) is 34.1 Å². The van der Waals surface area contributed by atoms with Crippen molar-refractivity contribution < 1.29 is 14.3 Å². The van der Waals surface area contributed by atoms with E-state index in [4.69, 9.17) is 9.84 Å². The van der Waals surface area contributed by atoms with Gasteiger partial charge in [0.25, 0.3) is 5.91 Å². The minimum absolute atomic E-state index is 0.0517. The van der Waals surface area contributed by atoms with Gasteiger partial charge in [-0.3, -0.25) is 19.5 Å². The Morgan fingerprint density at radius 3 is 2.57 bits per heavy atom. The largest absolute Gasteiger partial charge is 0.497 e. The van der Waals surface area contributed by atoms with Gasteiger partial charge in [0.15, 0.2) is 0 Å². The summed E-state index contributed by atoms with van der Waals surface area (Å²) in [7, 11) is 1.63. The lowest BCUT2D eigenvalue weighted by atomic mass is 10.1. The van der Waals surface area contributed by atoms with Crippen LogP contribution in [0.4, 0.5) is 5.82 Å². The molecule has 0 saturated heterocycles. The van der Waals surface area contributed by atoms with Gasteiger partial charge in [0.05, 0.1) is 38.1 Å². The van der Waals surface area contributed by atoms with E-state index >= 15 is 0 Å². The van der Waals surface area contributed by atoms with E-state index < -0.39 is 0 Å². The number of nitrogens with zero attached hydrogens (tertiary/aromatic N) is 4. The van der Waals surface area contributed by atoms with E-state index in [-0.39, 0.29) is 11.8 Å². The second kappa shape index (κ2) is 9.80. The lowest BCUT2D eigenvalue weighted by Gasteiger charge is -2.27. The SMILES string of the molecule is COc1ccc(-c2cc3n(n2)CCC(=O)N3Cc2ccc(C(=O)NCc3ccccn3)cc2)cc1. The Kier molecular flexibility index (Phi) is 6.26. The molecule has 35 heavy (non-hydrogen) atoms. The summed E-state index contributed by atoms with van der Waals surface area (Å²) >= 11 is 0. The lowest BCUT2D eigenvalue weighted by Crippen LogP contribution is -2.36. The molecule has 2 aromatic carbocycles. The number of hydrogen-bond acceptors (Lipinski definition) is 5. The summed E-state index contributed by atoms with van der Waals surface area (Å²) < 4.78 is 7.11. The van der Waals surface area contributed by atoms with E-state index in [1.54, 1.807) is 30.3 Å². The summed E-state index contributed by atoms with van der Waals surface area (Å²) in [5.41, 5.74) is 4.05. The fraction of sp³-hybridized carbons (Fsp3) is 0.185. The average molecular weight is 468 g/mol. The number of fused-ring (bicyclic) bond motifs is 1. The van der Waals surface area contributed by atoms with Crippen LogP contribution in [0.2, 0.25) is 0 Å². The first-order chi connectivity index (χ1) is 17.1. The number of carbonyl (C=O) groups is 2. The molecule has 3 heterocycles. The maximum atomic E-state index is 12.8. The number of benzene rings is 2. The van der Waals surface area contributed by atoms with E-state index in [0.29, 0.717) is 31.6 Å². The van der Waals surface area contributed by atoms with Crippen molar-refractivity contribution in [1.82, 2.24) is 20.1 Å². The first kappa shape index (κ1) is 22.3. The van der Waals surface area contributed by atoms with Crippen molar-refractivity contribution in [2.24, 2.45) is 0 Å². The Hall–Kier alpha value is -4.46. The maximum Gasteiger partial charge on any atom is 0.251 e. The summed E-state index contributed by atoms with van der Waals surface area (Å²) in [6, 6.07) is 22.5. The highest BCUT2D eigenvalue weighted by atomic mass is 16.5. The molecule has 1 N–H and O–H groups in total. The predicted octanol–water partition coefficient (Wildman–Crippen LogP) is 3.82. The Morgan fingerprint density at radius 1 is 1.06 bits per heavy atom. The van der Waals surface area contributed by atoms with Gasteiger partial charge in [-0.1, -0.05) is 18.2 Å². The number of ether oxygens (including phenoxy) is 1. The molecule has 0 spiro atoms. The molecule has 0 atom stereocenters. The van der Waals surface area contributed by atoms with Crippen LogP contribution in [0.1, 0.15) is 28.0 Å². The van der Waals surface area contributed by atoms with Gasteiger partial charge in [-0.2, -0.15) is 5.10 Å². The number of anilines is 1. The molecule has 1 aliphatic heterocycles. The minimum atomic E-state index is -0.168. The van der Waals surface area contributed by atoms with Crippen LogP contribution in [0, 0.1) is 0 Å². The zero-order valence-corrected chi connectivity index (χ0v) is 19.3. The fourth-order valence-corrected chi connectivity index (χ4v) is 4.04. The number of hydrogen-bond donors (Lipinski definition) is 1. The van der Waals surface area contributed by atoms with Gasteiger partial charge < -0.3 is 10.1 Å². The average Bonchev–Trinajstić information content (AvgIpc) is 3.35. The highest BCUT2D eigenvalue weighted by Crippen LogP contribution is 2.30. The Morgan fingerprint density at radius 2 is 1.86 bits per heavy atom. The lowest BCUT2D eigenvalue weighted by molar-refractivity contribution is -0.119. The summed E-state index contributed by atoms with van der Waals surface area (Å²) in [6.07, 6.45) is 2.09. The zero-order valence-electron chi connectivity index (χ0n) is 19.3. The number of amides is 2. The smallest absolute Gasteiger partial charge is 0.251 e. The number of nitrogens with one attached hydrogen (secondary N) is 1. The highest BCUT2D eigenvalue weighted by molar-refractivity contribution is 5.95. The van der Waals surface area contributed by atoms with Crippen molar-refractivity contribution in [2.45, 2.75) is 26.1 Å². The number of pyridine rings is 1. The van der Waals surface area contributed by atoms with Crippen molar-refractivity contribution in [2.75, 3.05) is 12.0 Å². The van der Waals surface area contributed by atoms with E-state index in [2.05, 4.69) is 10.3 Å². The van der Waals surface area contributed by atoms with Gasteiger partial charge in [0.2, 0.25) is 5.91 Å². The van der Waals surface area contributed by atoms with Gasteiger partial charge in [0, 0.05) is 29.8 Å². The van der Waals surface area contributed by atoms with Gasteiger partial charge >= 0.3 is 0 Å². The summed E-state index contributed by atoms with van der Waals surface area (Å²) in [4.78, 5) is 31.2. The molecule has 8 heteroatoms. The molecule has 5 rings (SSSR count). The van der Waals surface area contributed by atoms with Crippen LogP contribution < -0.4 is 15.0 Å². The molecule has 0 aliphatic carbocycles. The summed E-state index contributed by atoms with van der Waals surface area (Å²) in [5, 5.41) is 7.59. The summed E-state index contributed by atoms with van der Waals surface area (Å²) in [5.74, 6) is 1.43. The molecule has 0 bridgehead atoms. The van der Waals surface area contributed by atoms with Crippen LogP contribution in [0.25, 0.3) is 11.3 Å². The molecule has 0 saturated carbocycles. The monoisotopic (exact) mass is 467 g/mol. The summed E-state index contributed by atoms with van der Waals surface area (Å²) in [6.45, 7) is 1.32. The molecule has 8 nitrogen and oxygen atoms in total. The zero-order chi connectivity index (χ0) is 24.2. The van der Waals surface area contributed by atoms with E-state index in [9.17, 15) is 9.59 Å². The van der Waals surface area contributed by atoms with Gasteiger partial charge in [-0.05, 0) is 54.1 Å². The van der Waals surface area contributed by atoms with Crippen molar-refractivity contribution in [3.8, 4) is 17.0 Å². The molecule has 176 valence electrons. The number of aromatic nitrogens is 3. The third-order valence-electron chi connectivity index (χ3n) is 5.97. The minimum Gasteiger partial charge on any atom is -0.497 e. The highest BCUT2D eigenvalue weighted by Gasteiger charge is 2.26. The third-order valence-corrected chi connectivity index (χ3v) is 5.97.